The maximum atomic E-state index is 13.7. The fourth-order valence-electron chi connectivity index (χ4n) is 6.09. The minimum Gasteiger partial charge on any atom is -0.471 e. The third-order valence-corrected chi connectivity index (χ3v) is 7.39. The van der Waals surface area contributed by atoms with E-state index in [1.165, 1.54) is 18.4 Å². The van der Waals surface area contributed by atoms with E-state index in [2.05, 4.69) is 27.4 Å². The summed E-state index contributed by atoms with van der Waals surface area (Å²) in [5.74, 6) is -0.282. The van der Waals surface area contributed by atoms with Gasteiger partial charge < -0.3 is 14.7 Å². The second kappa shape index (κ2) is 7.55. The van der Waals surface area contributed by atoms with Gasteiger partial charge in [-0.1, -0.05) is 25.0 Å². The van der Waals surface area contributed by atoms with Crippen LogP contribution in [-0.4, -0.2) is 59.3 Å². The number of aliphatic hydroxyl groups is 1. The molecule has 158 valence electrons. The number of carbonyl (C=O) groups is 3. The molecule has 29 heavy (non-hydrogen) atoms. The summed E-state index contributed by atoms with van der Waals surface area (Å²) in [6, 6.07) is 0. The lowest BCUT2D eigenvalue weighted by atomic mass is 9.63. The maximum Gasteiger partial charge on any atom is 0.292 e. The highest BCUT2D eigenvalue weighted by Crippen LogP contribution is 2.51. The normalized spacial score (nSPS) is 41.6. The van der Waals surface area contributed by atoms with Crippen molar-refractivity contribution in [1.29, 1.82) is 0 Å². The number of ether oxygens (including phenoxy) is 1. The SMILES string of the molecule is COC=O.O=C(C1CC=CC2CCCCC21)C12NN=CC1C1(O)CCCN1C2=O. The first-order valence-corrected chi connectivity index (χ1v) is 10.5. The van der Waals surface area contributed by atoms with Gasteiger partial charge in [-0.05, 0) is 43.9 Å². The van der Waals surface area contributed by atoms with Gasteiger partial charge in [0.15, 0.2) is 11.5 Å². The minimum atomic E-state index is -1.38. The van der Waals surface area contributed by atoms with E-state index in [0.717, 1.165) is 25.7 Å². The van der Waals surface area contributed by atoms with E-state index < -0.39 is 17.2 Å². The molecule has 2 N–H and O–H groups in total. The van der Waals surface area contributed by atoms with Crippen molar-refractivity contribution in [2.24, 2.45) is 28.8 Å². The Kier molecular flexibility index (Phi) is 5.23. The van der Waals surface area contributed by atoms with Crippen LogP contribution in [0.15, 0.2) is 17.3 Å². The summed E-state index contributed by atoms with van der Waals surface area (Å²) >= 11 is 0. The van der Waals surface area contributed by atoms with E-state index in [1.54, 1.807) is 6.21 Å². The molecule has 8 heteroatoms. The molecule has 3 aliphatic heterocycles. The second-order valence-corrected chi connectivity index (χ2v) is 8.69. The van der Waals surface area contributed by atoms with Gasteiger partial charge in [-0.2, -0.15) is 5.10 Å². The zero-order chi connectivity index (χ0) is 20.6. The third kappa shape index (κ3) is 2.83. The molecule has 0 aromatic heterocycles. The molecule has 3 fully saturated rings. The van der Waals surface area contributed by atoms with Gasteiger partial charge in [0.05, 0.1) is 13.0 Å². The van der Waals surface area contributed by atoms with E-state index in [4.69, 9.17) is 4.79 Å². The van der Waals surface area contributed by atoms with Crippen LogP contribution in [0.5, 0.6) is 0 Å². The zero-order valence-electron chi connectivity index (χ0n) is 16.8. The summed E-state index contributed by atoms with van der Waals surface area (Å²) in [5, 5.41) is 15.2. The van der Waals surface area contributed by atoms with Crippen LogP contribution in [0, 0.1) is 23.7 Å². The first-order chi connectivity index (χ1) is 14.0. The van der Waals surface area contributed by atoms with E-state index in [-0.39, 0.29) is 17.6 Å². The number of hydrogen-bond acceptors (Lipinski definition) is 7. The predicted octanol–water partition coefficient (Wildman–Crippen LogP) is 0.996. The number of fused-ring (bicyclic) bond motifs is 4. The molecule has 6 atom stereocenters. The molecule has 0 aromatic rings. The smallest absolute Gasteiger partial charge is 0.292 e. The molecule has 0 radical (unpaired) electrons. The molecule has 1 saturated carbocycles. The summed E-state index contributed by atoms with van der Waals surface area (Å²) in [5.41, 5.74) is 0.237. The van der Waals surface area contributed by atoms with Crippen LogP contribution in [-0.2, 0) is 19.1 Å². The molecule has 0 bridgehead atoms. The number of allylic oxidation sites excluding steroid dienone is 2. The molecule has 8 nitrogen and oxygen atoms in total. The summed E-state index contributed by atoms with van der Waals surface area (Å²) < 4.78 is 3.86. The highest BCUT2D eigenvalue weighted by Gasteiger charge is 2.73. The Bertz CT molecular complexity index is 753. The maximum absolute atomic E-state index is 13.7. The third-order valence-electron chi connectivity index (χ3n) is 7.39. The largest absolute Gasteiger partial charge is 0.471 e. The number of methoxy groups -OCH3 is 1. The van der Waals surface area contributed by atoms with Gasteiger partial charge in [0.2, 0.25) is 5.54 Å². The number of ketones is 1. The Morgan fingerprint density at radius 2 is 2.14 bits per heavy atom. The first-order valence-electron chi connectivity index (χ1n) is 10.5. The number of carbonyl (C=O) groups excluding carboxylic acids is 3. The van der Waals surface area contributed by atoms with Gasteiger partial charge in [-0.3, -0.25) is 19.8 Å². The number of hydrogen-bond donors (Lipinski definition) is 2. The van der Waals surface area contributed by atoms with Gasteiger partial charge in [-0.25, -0.2) is 0 Å². The Labute approximate surface area is 170 Å². The van der Waals surface area contributed by atoms with Gasteiger partial charge in [0, 0.05) is 18.7 Å². The summed E-state index contributed by atoms with van der Waals surface area (Å²) in [6.07, 6.45) is 12.5. The van der Waals surface area contributed by atoms with Gasteiger partial charge >= 0.3 is 0 Å². The number of rotatable bonds is 3. The Hall–Kier alpha value is -2.22. The molecule has 0 aromatic carbocycles. The fourth-order valence-corrected chi connectivity index (χ4v) is 6.09. The summed E-state index contributed by atoms with van der Waals surface area (Å²) in [6.45, 7) is 0.896. The van der Waals surface area contributed by atoms with E-state index in [0.29, 0.717) is 37.7 Å². The lowest BCUT2D eigenvalue weighted by Gasteiger charge is -2.40. The molecule has 5 aliphatic rings. The highest BCUT2D eigenvalue weighted by atomic mass is 16.5. The summed E-state index contributed by atoms with van der Waals surface area (Å²) in [7, 11) is 1.31. The first kappa shape index (κ1) is 20.1. The van der Waals surface area contributed by atoms with Gasteiger partial charge in [0.1, 0.15) is 0 Å². The van der Waals surface area contributed by atoms with Crippen molar-refractivity contribution >= 4 is 24.4 Å². The van der Waals surface area contributed by atoms with Crippen molar-refractivity contribution in [3.8, 4) is 0 Å². The molecule has 6 unspecified atom stereocenters. The van der Waals surface area contributed by atoms with Crippen molar-refractivity contribution in [2.45, 2.75) is 56.2 Å². The van der Waals surface area contributed by atoms with Crippen LogP contribution in [0.25, 0.3) is 0 Å². The standard InChI is InChI=1S/C19H25N3O3.C2H4O2/c23-16(14-8-3-6-12-5-1-2-7-13(12)14)19-15(11-20-21-19)18(25)9-4-10-22(18)17(19)24;1-4-2-3/h3,6,11-15,21,25H,1-2,4-5,7-10H2;2H,1H3. The molecule has 0 spiro atoms. The average Bonchev–Trinajstić information content (AvgIpc) is 3.41. The summed E-state index contributed by atoms with van der Waals surface area (Å²) in [4.78, 5) is 37.4. The van der Waals surface area contributed by atoms with E-state index in [9.17, 15) is 14.7 Å². The number of amides is 1. The van der Waals surface area contributed by atoms with Crippen molar-refractivity contribution < 1.29 is 24.2 Å². The van der Waals surface area contributed by atoms with Gasteiger partial charge in [0.25, 0.3) is 12.4 Å². The number of hydrazone groups is 1. The zero-order valence-corrected chi connectivity index (χ0v) is 16.8. The van der Waals surface area contributed by atoms with Crippen LogP contribution in [0.2, 0.25) is 0 Å². The Morgan fingerprint density at radius 3 is 2.90 bits per heavy atom. The van der Waals surface area contributed by atoms with Crippen LogP contribution >= 0.6 is 0 Å². The topological polar surface area (TPSA) is 108 Å². The Morgan fingerprint density at radius 1 is 1.38 bits per heavy atom. The van der Waals surface area contributed by atoms with Crippen molar-refractivity contribution in [3.05, 3.63) is 12.2 Å². The molecular weight excluding hydrogens is 374 g/mol. The molecule has 2 saturated heterocycles. The van der Waals surface area contributed by atoms with Crippen LogP contribution in [0.3, 0.4) is 0 Å². The Balaban J connectivity index is 0.000000472. The molecule has 1 amide bonds. The lowest BCUT2D eigenvalue weighted by Crippen LogP contribution is -2.61. The number of nitrogens with zero attached hydrogens (tertiary/aromatic N) is 2. The average molecular weight is 403 g/mol. The van der Waals surface area contributed by atoms with Gasteiger partial charge in [-0.15, -0.1) is 0 Å². The lowest BCUT2D eigenvalue weighted by molar-refractivity contribution is -0.146. The minimum absolute atomic E-state index is 0.0518. The van der Waals surface area contributed by atoms with E-state index in [1.807, 2.05) is 0 Å². The van der Waals surface area contributed by atoms with Crippen molar-refractivity contribution in [1.82, 2.24) is 10.3 Å². The fraction of sp³-hybridized carbons (Fsp3) is 0.714. The van der Waals surface area contributed by atoms with Crippen LogP contribution in [0.1, 0.15) is 44.9 Å². The van der Waals surface area contributed by atoms with Crippen molar-refractivity contribution in [3.63, 3.8) is 0 Å². The molecule has 3 heterocycles. The van der Waals surface area contributed by atoms with E-state index >= 15 is 0 Å². The molecule has 2 aliphatic carbocycles. The highest BCUT2D eigenvalue weighted by molar-refractivity contribution is 6.17. The predicted molar refractivity (Wildman–Crippen MR) is 105 cm³/mol. The number of nitrogens with one attached hydrogen (secondary N) is 1. The molecule has 5 rings (SSSR count). The van der Waals surface area contributed by atoms with Crippen LogP contribution < -0.4 is 5.43 Å². The quantitative estimate of drug-likeness (QED) is 0.413. The second-order valence-electron chi connectivity index (χ2n) is 8.69. The molecular formula is C21H29N3O5. The monoisotopic (exact) mass is 403 g/mol. The number of Topliss-reactive ketones (excluding diaryl/α,β-unsaturated/α-hetero) is 1. The van der Waals surface area contributed by atoms with Crippen molar-refractivity contribution in [2.75, 3.05) is 13.7 Å². The van der Waals surface area contributed by atoms with Crippen LogP contribution in [0.4, 0.5) is 0 Å².